The zero-order chi connectivity index (χ0) is 21.3. The van der Waals surface area contributed by atoms with Crippen LogP contribution in [0.1, 0.15) is 28.7 Å². The first-order valence-corrected chi connectivity index (χ1v) is 16.9. The second-order valence-electron chi connectivity index (χ2n) is 7.35. The normalized spacial score (nSPS) is 11.0. The lowest BCUT2D eigenvalue weighted by Gasteiger charge is -2.37. The first-order chi connectivity index (χ1) is 11.4. The lowest BCUT2D eigenvalue weighted by molar-refractivity contribution is -0.156. The summed E-state index contributed by atoms with van der Waals surface area (Å²) in [5, 5.41) is 17.7. The predicted molar refractivity (Wildman–Crippen MR) is 115 cm³/mol. The van der Waals surface area contributed by atoms with Crippen LogP contribution in [0.5, 0.6) is 0 Å². The number of rotatable bonds is 8. The zero-order valence-corrected chi connectivity index (χ0v) is 19.7. The lowest BCUT2D eigenvalue weighted by Crippen LogP contribution is -2.53. The molecule has 0 bridgehead atoms. The Labute approximate surface area is 171 Å². The van der Waals surface area contributed by atoms with Gasteiger partial charge < -0.3 is 23.2 Å². The van der Waals surface area contributed by atoms with Gasteiger partial charge in [-0.2, -0.15) is 0 Å². The van der Waals surface area contributed by atoms with Gasteiger partial charge in [0.1, 0.15) is 0 Å². The van der Waals surface area contributed by atoms with Crippen molar-refractivity contribution in [3.05, 3.63) is 0 Å². The highest BCUT2D eigenvalue weighted by molar-refractivity contribution is 6.89. The summed E-state index contributed by atoms with van der Waals surface area (Å²) in [6, 6.07) is 0.0431. The number of hydrogen-bond acceptors (Lipinski definition) is 7. The van der Waals surface area contributed by atoms with Gasteiger partial charge in [-0.15, -0.1) is 0 Å². The van der Waals surface area contributed by atoms with Crippen LogP contribution in [0.15, 0.2) is 0 Å². The average Bonchev–Trinajstić information content (AvgIpc) is 2.17. The molecule has 0 aromatic carbocycles. The highest BCUT2D eigenvalue weighted by atomic mass is 28.5. The summed E-state index contributed by atoms with van der Waals surface area (Å²) < 4.78 is 15.9. The molecule has 0 aromatic rings. The van der Waals surface area contributed by atoms with Crippen LogP contribution in [0.3, 0.4) is 0 Å². The van der Waals surface area contributed by atoms with E-state index in [1.54, 1.807) is 0 Å². The quantitative estimate of drug-likeness (QED) is 0.317. The maximum absolute atomic E-state index is 10.8. The van der Waals surface area contributed by atoms with Gasteiger partial charge in [-0.05, 0) is 39.3 Å². The lowest BCUT2D eigenvalue weighted by atomic mass is 10.7. The second-order valence-corrected chi connectivity index (χ2v) is 19.5. The van der Waals surface area contributed by atoms with Crippen LogP contribution in [0.2, 0.25) is 51.4 Å². The minimum absolute atomic E-state index is 0. The molecular weight excluding hydrogens is 420 g/mol. The molecule has 28 heavy (non-hydrogen) atoms. The number of carbonyl (C=O) groups excluding carboxylic acids is 2. The molecular formula is C16H38O9Si3. The number of hydrogen-bond donors (Lipinski definition) is 2. The summed E-state index contributed by atoms with van der Waals surface area (Å²) in [6.07, 6.45) is 0. The average molecular weight is 459 g/mol. The standard InChI is InChI=1S/C10H24O6Si3.C4H6O3.2CH4/c1-17(2,7-9(11)12)15-19(5,6)16-18(3,4)8-10(13)14;1-3(5)7-4(2)6;;/h7-8H2,1-6H3,(H,11,12)(H,13,14);1-2H3;2*1H4. The van der Waals surface area contributed by atoms with E-state index < -0.39 is 49.1 Å². The summed E-state index contributed by atoms with van der Waals surface area (Å²) in [4.78, 5) is 41.2. The van der Waals surface area contributed by atoms with Gasteiger partial charge in [-0.25, -0.2) is 0 Å². The molecule has 9 nitrogen and oxygen atoms in total. The van der Waals surface area contributed by atoms with E-state index in [9.17, 15) is 19.2 Å². The van der Waals surface area contributed by atoms with Gasteiger partial charge in [0.05, 0.1) is 12.1 Å². The summed E-state index contributed by atoms with van der Waals surface area (Å²) in [5.41, 5.74) is 0. The van der Waals surface area contributed by atoms with Crippen LogP contribution in [0.25, 0.3) is 0 Å². The van der Waals surface area contributed by atoms with Crippen LogP contribution >= 0.6 is 0 Å². The SMILES string of the molecule is C.C.CC(=O)OC(C)=O.C[Si](C)(CC(=O)O)O[Si](C)(C)O[Si](C)(C)CC(=O)O. The van der Waals surface area contributed by atoms with E-state index in [-0.39, 0.29) is 26.9 Å². The molecule has 0 saturated carbocycles. The molecule has 0 aliphatic carbocycles. The van der Waals surface area contributed by atoms with Crippen LogP contribution in [-0.4, -0.2) is 59.3 Å². The molecule has 0 saturated heterocycles. The molecule has 2 N–H and O–H groups in total. The summed E-state index contributed by atoms with van der Waals surface area (Å²) in [6.45, 7) is 13.4. The maximum atomic E-state index is 10.8. The van der Waals surface area contributed by atoms with Gasteiger partial charge in [0.25, 0.3) is 0 Å². The maximum Gasteiger partial charge on any atom is 0.311 e. The number of carboxylic acids is 2. The van der Waals surface area contributed by atoms with E-state index in [0.717, 1.165) is 0 Å². The fourth-order valence-electron chi connectivity index (χ4n) is 2.35. The van der Waals surface area contributed by atoms with Crippen molar-refractivity contribution in [2.24, 2.45) is 0 Å². The van der Waals surface area contributed by atoms with Crippen molar-refractivity contribution in [2.75, 3.05) is 0 Å². The third-order valence-electron chi connectivity index (χ3n) is 2.49. The molecule has 0 amide bonds. The minimum atomic E-state index is -2.51. The first-order valence-electron chi connectivity index (χ1n) is 7.90. The Morgan fingerprint density at radius 1 is 0.679 bits per heavy atom. The Kier molecular flexibility index (Phi) is 16.8. The molecule has 0 radical (unpaired) electrons. The first kappa shape index (κ1) is 34.2. The fourth-order valence-corrected chi connectivity index (χ4v) is 15.6. The van der Waals surface area contributed by atoms with E-state index in [0.29, 0.717) is 0 Å². The number of carbonyl (C=O) groups is 4. The zero-order valence-electron chi connectivity index (χ0n) is 16.7. The summed E-state index contributed by atoms with van der Waals surface area (Å²) in [5.74, 6) is -2.87. The Morgan fingerprint density at radius 2 is 0.929 bits per heavy atom. The third kappa shape index (κ3) is 22.7. The van der Waals surface area contributed by atoms with Crippen molar-refractivity contribution in [2.45, 2.75) is 80.1 Å². The Bertz CT molecular complexity index is 487. The molecule has 0 rings (SSSR count). The second kappa shape index (κ2) is 13.8. The molecule has 0 atom stereocenters. The smallest absolute Gasteiger partial charge is 0.311 e. The van der Waals surface area contributed by atoms with Crippen LogP contribution < -0.4 is 0 Å². The summed E-state index contributed by atoms with van der Waals surface area (Å²) in [7, 11) is -7.17. The van der Waals surface area contributed by atoms with Crippen LogP contribution in [-0.2, 0) is 32.1 Å². The Balaban J connectivity index is -0.000000274. The number of ether oxygens (including phenoxy) is 1. The van der Waals surface area contributed by atoms with Crippen molar-refractivity contribution in [3.63, 3.8) is 0 Å². The topological polar surface area (TPSA) is 136 Å². The van der Waals surface area contributed by atoms with E-state index in [1.165, 1.54) is 13.8 Å². The fraction of sp³-hybridized carbons (Fsp3) is 0.750. The summed E-state index contributed by atoms with van der Waals surface area (Å²) >= 11 is 0. The van der Waals surface area contributed by atoms with Crippen molar-refractivity contribution in [1.82, 2.24) is 0 Å². The highest BCUT2D eigenvalue weighted by Gasteiger charge is 2.41. The van der Waals surface area contributed by atoms with Gasteiger partial charge in [0, 0.05) is 13.8 Å². The minimum Gasteiger partial charge on any atom is -0.481 e. The van der Waals surface area contributed by atoms with Gasteiger partial charge in [-0.3, -0.25) is 19.2 Å². The van der Waals surface area contributed by atoms with Crippen molar-refractivity contribution in [1.29, 1.82) is 0 Å². The third-order valence-corrected chi connectivity index (χ3v) is 13.1. The molecule has 0 aliphatic rings. The predicted octanol–water partition coefficient (Wildman–Crippen LogP) is 3.67. The molecule has 0 fully saturated rings. The highest BCUT2D eigenvalue weighted by Crippen LogP contribution is 2.24. The monoisotopic (exact) mass is 458 g/mol. The van der Waals surface area contributed by atoms with Crippen molar-refractivity contribution < 1.29 is 42.4 Å². The van der Waals surface area contributed by atoms with Gasteiger partial charge >= 0.3 is 32.4 Å². The molecule has 0 heterocycles. The molecule has 0 aromatic heterocycles. The molecule has 0 unspecified atom stereocenters. The molecule has 0 aliphatic heterocycles. The molecule has 168 valence electrons. The van der Waals surface area contributed by atoms with E-state index in [4.69, 9.17) is 18.4 Å². The van der Waals surface area contributed by atoms with Gasteiger partial charge in [0.15, 0.2) is 16.6 Å². The van der Waals surface area contributed by atoms with Crippen LogP contribution in [0, 0.1) is 0 Å². The van der Waals surface area contributed by atoms with Gasteiger partial charge in [0.2, 0.25) is 0 Å². The number of carboxylic acid groups (broad SMARTS) is 2. The van der Waals surface area contributed by atoms with Gasteiger partial charge in [-0.1, -0.05) is 14.9 Å². The van der Waals surface area contributed by atoms with Crippen LogP contribution in [0.4, 0.5) is 0 Å². The molecule has 12 heteroatoms. The molecule has 0 spiro atoms. The Hall–Kier alpha value is -1.35. The van der Waals surface area contributed by atoms with Crippen molar-refractivity contribution >= 4 is 49.1 Å². The largest absolute Gasteiger partial charge is 0.481 e. The number of aliphatic carboxylic acids is 2. The van der Waals surface area contributed by atoms with E-state index >= 15 is 0 Å². The van der Waals surface area contributed by atoms with E-state index in [1.807, 2.05) is 39.3 Å². The van der Waals surface area contributed by atoms with E-state index in [2.05, 4.69) is 4.74 Å². The number of esters is 2. The Morgan fingerprint density at radius 3 is 1.07 bits per heavy atom. The van der Waals surface area contributed by atoms with Crippen molar-refractivity contribution in [3.8, 4) is 0 Å².